The Hall–Kier alpha value is -3.55. The van der Waals surface area contributed by atoms with Gasteiger partial charge in [-0.25, -0.2) is 4.39 Å². The number of carboxylic acid groups (broad SMARTS) is 1. The number of carboxylic acids is 1. The summed E-state index contributed by atoms with van der Waals surface area (Å²) in [7, 11) is 0. The van der Waals surface area contributed by atoms with E-state index in [0.29, 0.717) is 5.56 Å². The molecule has 1 atom stereocenters. The average molecular weight is 369 g/mol. The van der Waals surface area contributed by atoms with Crippen LogP contribution >= 0.6 is 0 Å². The molecule has 0 fully saturated rings. The van der Waals surface area contributed by atoms with Crippen LogP contribution in [0.1, 0.15) is 34.2 Å². The number of nitrogens with one attached hydrogen (secondary N) is 1. The van der Waals surface area contributed by atoms with Crippen LogP contribution in [0.15, 0.2) is 53.1 Å². The van der Waals surface area contributed by atoms with Crippen LogP contribution in [0.5, 0.6) is 0 Å². The van der Waals surface area contributed by atoms with Gasteiger partial charge in [0.2, 0.25) is 0 Å². The van der Waals surface area contributed by atoms with Crippen molar-refractivity contribution in [3.63, 3.8) is 0 Å². The van der Waals surface area contributed by atoms with E-state index in [-0.39, 0.29) is 23.7 Å². The Balaban J connectivity index is 1.82. The largest absolute Gasteiger partial charge is 0.481 e. The van der Waals surface area contributed by atoms with Gasteiger partial charge in [0.25, 0.3) is 17.6 Å². The molecule has 1 aromatic heterocycles. The molecule has 0 saturated carbocycles. The second-order valence-electron chi connectivity index (χ2n) is 5.94. The third-order valence-electron chi connectivity index (χ3n) is 3.86. The zero-order valence-electron chi connectivity index (χ0n) is 14.3. The predicted molar refractivity (Wildman–Crippen MR) is 93.3 cm³/mol. The number of carbonyl (C=O) groups is 2. The van der Waals surface area contributed by atoms with E-state index in [2.05, 4.69) is 15.5 Å². The first-order valence-corrected chi connectivity index (χ1v) is 8.12. The number of aryl methyl sites for hydroxylation is 1. The summed E-state index contributed by atoms with van der Waals surface area (Å²) in [6.07, 6.45) is -0.312. The van der Waals surface area contributed by atoms with Gasteiger partial charge in [-0.15, -0.1) is 0 Å². The van der Waals surface area contributed by atoms with Crippen LogP contribution in [0.3, 0.4) is 0 Å². The number of aromatic nitrogens is 2. The Kier molecular flexibility index (Phi) is 5.25. The molecule has 0 aliphatic carbocycles. The lowest BCUT2D eigenvalue weighted by molar-refractivity contribution is -0.137. The van der Waals surface area contributed by atoms with Crippen molar-refractivity contribution in [3.8, 4) is 11.5 Å². The minimum atomic E-state index is -1.07. The standard InChI is InChI=1S/C19H16FN3O4/c1-11-5-4-6-12(9-11)15(10-16(24)25)21-18(26)17-22-19(27-23-17)13-7-2-3-8-14(13)20/h2-9,15H,10H2,1H3,(H,21,26)(H,24,25)/t15-/m0/s1. The summed E-state index contributed by atoms with van der Waals surface area (Å²) in [6, 6.07) is 12.2. The predicted octanol–water partition coefficient (Wildman–Crippen LogP) is 3.13. The highest BCUT2D eigenvalue weighted by molar-refractivity contribution is 5.91. The summed E-state index contributed by atoms with van der Waals surface area (Å²) in [4.78, 5) is 27.5. The van der Waals surface area contributed by atoms with E-state index in [9.17, 15) is 14.0 Å². The van der Waals surface area contributed by atoms with Crippen molar-refractivity contribution in [1.29, 1.82) is 0 Å². The Morgan fingerprint density at radius 3 is 2.70 bits per heavy atom. The lowest BCUT2D eigenvalue weighted by Crippen LogP contribution is -2.31. The topological polar surface area (TPSA) is 105 Å². The van der Waals surface area contributed by atoms with Crippen molar-refractivity contribution in [2.45, 2.75) is 19.4 Å². The number of carbonyl (C=O) groups excluding carboxylic acids is 1. The van der Waals surface area contributed by atoms with E-state index >= 15 is 0 Å². The quantitative estimate of drug-likeness (QED) is 0.692. The second-order valence-corrected chi connectivity index (χ2v) is 5.94. The maximum absolute atomic E-state index is 13.8. The molecule has 1 heterocycles. The summed E-state index contributed by atoms with van der Waals surface area (Å²) in [5.41, 5.74) is 1.65. The van der Waals surface area contributed by atoms with Crippen LogP contribution in [-0.4, -0.2) is 27.1 Å². The number of hydrogen-bond donors (Lipinski definition) is 2. The van der Waals surface area contributed by atoms with Crippen LogP contribution in [0.2, 0.25) is 0 Å². The molecule has 1 amide bonds. The molecule has 0 aliphatic heterocycles. The van der Waals surface area contributed by atoms with Gasteiger partial charge in [0.15, 0.2) is 0 Å². The molecule has 2 N–H and O–H groups in total. The summed E-state index contributed by atoms with van der Waals surface area (Å²) in [5.74, 6) is -2.78. The second kappa shape index (κ2) is 7.77. The summed E-state index contributed by atoms with van der Waals surface area (Å²) < 4.78 is 18.8. The maximum atomic E-state index is 13.8. The van der Waals surface area contributed by atoms with E-state index in [1.807, 2.05) is 13.0 Å². The van der Waals surface area contributed by atoms with Gasteiger partial charge < -0.3 is 14.9 Å². The van der Waals surface area contributed by atoms with Gasteiger partial charge in [0, 0.05) is 0 Å². The molecular formula is C19H16FN3O4. The monoisotopic (exact) mass is 369 g/mol. The van der Waals surface area contributed by atoms with Crippen LogP contribution < -0.4 is 5.32 Å². The average Bonchev–Trinajstić information content (AvgIpc) is 3.11. The Bertz CT molecular complexity index is 986. The Morgan fingerprint density at radius 2 is 2.00 bits per heavy atom. The minimum Gasteiger partial charge on any atom is -0.481 e. The van der Waals surface area contributed by atoms with Crippen LogP contribution in [0.25, 0.3) is 11.5 Å². The van der Waals surface area contributed by atoms with Gasteiger partial charge in [-0.3, -0.25) is 9.59 Å². The molecule has 0 bridgehead atoms. The number of halogens is 1. The van der Waals surface area contributed by atoms with Crippen molar-refractivity contribution < 1.29 is 23.6 Å². The maximum Gasteiger partial charge on any atom is 0.305 e. The zero-order valence-corrected chi connectivity index (χ0v) is 14.3. The normalized spacial score (nSPS) is 11.8. The third kappa shape index (κ3) is 4.35. The molecule has 0 saturated heterocycles. The zero-order chi connectivity index (χ0) is 19.4. The molecule has 0 unspecified atom stereocenters. The fourth-order valence-electron chi connectivity index (χ4n) is 2.60. The van der Waals surface area contributed by atoms with Gasteiger partial charge in [-0.1, -0.05) is 47.1 Å². The molecule has 0 aliphatic rings. The van der Waals surface area contributed by atoms with Crippen LogP contribution in [-0.2, 0) is 4.79 Å². The minimum absolute atomic E-state index is 0.0739. The lowest BCUT2D eigenvalue weighted by atomic mass is 10.0. The Labute approximate surface area is 153 Å². The highest BCUT2D eigenvalue weighted by Crippen LogP contribution is 2.22. The van der Waals surface area contributed by atoms with Gasteiger partial charge in [0.1, 0.15) is 5.82 Å². The molecule has 3 rings (SSSR count). The lowest BCUT2D eigenvalue weighted by Gasteiger charge is -2.16. The molecule has 3 aromatic rings. The summed E-state index contributed by atoms with van der Waals surface area (Å²) >= 11 is 0. The van der Waals surface area contributed by atoms with E-state index < -0.39 is 23.7 Å². The number of rotatable bonds is 6. The summed E-state index contributed by atoms with van der Waals surface area (Å²) in [6.45, 7) is 1.86. The smallest absolute Gasteiger partial charge is 0.305 e. The SMILES string of the molecule is Cc1cccc([C@H](CC(=O)O)NC(=O)c2noc(-c3ccccc3F)n2)c1. The molecule has 2 aromatic carbocycles. The van der Waals surface area contributed by atoms with Crippen LogP contribution in [0, 0.1) is 12.7 Å². The van der Waals surface area contributed by atoms with E-state index in [1.54, 1.807) is 24.3 Å². The highest BCUT2D eigenvalue weighted by Gasteiger charge is 2.23. The molecular weight excluding hydrogens is 353 g/mol. The van der Waals surface area contributed by atoms with Gasteiger partial charge in [-0.05, 0) is 24.6 Å². The van der Waals surface area contributed by atoms with Crippen molar-refractivity contribution >= 4 is 11.9 Å². The fraction of sp³-hybridized carbons (Fsp3) is 0.158. The molecule has 27 heavy (non-hydrogen) atoms. The van der Waals surface area contributed by atoms with Crippen molar-refractivity contribution in [3.05, 3.63) is 71.3 Å². The van der Waals surface area contributed by atoms with Crippen molar-refractivity contribution in [2.75, 3.05) is 0 Å². The van der Waals surface area contributed by atoms with Crippen LogP contribution in [0.4, 0.5) is 4.39 Å². The Morgan fingerprint density at radius 1 is 1.22 bits per heavy atom. The first-order chi connectivity index (χ1) is 12.9. The molecule has 0 radical (unpaired) electrons. The van der Waals surface area contributed by atoms with Crippen molar-refractivity contribution in [1.82, 2.24) is 15.5 Å². The summed E-state index contributed by atoms with van der Waals surface area (Å²) in [5, 5.41) is 15.3. The van der Waals surface area contributed by atoms with Gasteiger partial charge in [-0.2, -0.15) is 4.98 Å². The molecule has 138 valence electrons. The number of hydrogen-bond acceptors (Lipinski definition) is 5. The first kappa shape index (κ1) is 18.2. The van der Waals surface area contributed by atoms with Gasteiger partial charge >= 0.3 is 5.97 Å². The van der Waals surface area contributed by atoms with Gasteiger partial charge in [0.05, 0.1) is 18.0 Å². The van der Waals surface area contributed by atoms with E-state index in [1.165, 1.54) is 18.2 Å². The number of benzene rings is 2. The third-order valence-corrected chi connectivity index (χ3v) is 3.86. The van der Waals surface area contributed by atoms with E-state index in [0.717, 1.165) is 5.56 Å². The first-order valence-electron chi connectivity index (χ1n) is 8.12. The number of nitrogens with zero attached hydrogens (tertiary/aromatic N) is 2. The van der Waals surface area contributed by atoms with E-state index in [4.69, 9.17) is 9.63 Å². The molecule has 7 nitrogen and oxygen atoms in total. The number of aliphatic carboxylic acids is 1. The fourth-order valence-corrected chi connectivity index (χ4v) is 2.60. The number of amides is 1. The molecule has 0 spiro atoms. The van der Waals surface area contributed by atoms with Crippen molar-refractivity contribution in [2.24, 2.45) is 0 Å². The highest BCUT2D eigenvalue weighted by atomic mass is 19.1. The molecule has 8 heteroatoms.